The van der Waals surface area contributed by atoms with Crippen LogP contribution in [0.3, 0.4) is 0 Å². The lowest BCUT2D eigenvalue weighted by Gasteiger charge is -2.41. The second kappa shape index (κ2) is 13.7. The van der Waals surface area contributed by atoms with E-state index < -0.39 is 11.7 Å². The molecule has 5 rings (SSSR count). The molecule has 0 bridgehead atoms. The highest BCUT2D eigenvalue weighted by Crippen LogP contribution is 2.44. The maximum Gasteiger partial charge on any atom is 0.407 e. The van der Waals surface area contributed by atoms with Crippen molar-refractivity contribution < 1.29 is 28.2 Å². The highest BCUT2D eigenvalue weighted by molar-refractivity contribution is 5.94. The summed E-state index contributed by atoms with van der Waals surface area (Å²) in [5, 5.41) is 8.05. The van der Waals surface area contributed by atoms with E-state index in [4.69, 9.17) is 18.6 Å². The number of methoxy groups -OCH3 is 1. The number of carbonyl (C=O) groups is 2. The van der Waals surface area contributed by atoms with Crippen LogP contribution < -0.4 is 25.8 Å². The van der Waals surface area contributed by atoms with Crippen LogP contribution in [0.4, 0.5) is 4.79 Å². The second-order valence-electron chi connectivity index (χ2n) is 12.9. The number of hydrogen-bond acceptors (Lipinski definition) is 7. The summed E-state index contributed by atoms with van der Waals surface area (Å²) in [6.07, 6.45) is 10.0. The van der Waals surface area contributed by atoms with E-state index in [0.717, 1.165) is 66.5 Å². The molecular formula is C35H45N3O6. The van der Waals surface area contributed by atoms with Gasteiger partial charge in [-0.1, -0.05) is 25.0 Å². The number of rotatable bonds is 9. The average molecular weight is 604 g/mol. The molecule has 2 aliphatic rings. The van der Waals surface area contributed by atoms with Crippen molar-refractivity contribution in [2.45, 2.75) is 103 Å². The van der Waals surface area contributed by atoms with Crippen molar-refractivity contribution in [2.24, 2.45) is 5.10 Å². The summed E-state index contributed by atoms with van der Waals surface area (Å²) in [4.78, 5) is 24.4. The first kappa shape index (κ1) is 31.4. The molecule has 1 aliphatic carbocycles. The van der Waals surface area contributed by atoms with Crippen molar-refractivity contribution in [2.75, 3.05) is 13.7 Å². The molecule has 1 fully saturated rings. The quantitative estimate of drug-likeness (QED) is 0.198. The molecule has 0 saturated heterocycles. The van der Waals surface area contributed by atoms with Crippen LogP contribution in [0.5, 0.6) is 11.5 Å². The number of fused-ring (bicyclic) bond motifs is 2. The Morgan fingerprint density at radius 2 is 1.75 bits per heavy atom. The van der Waals surface area contributed by atoms with Gasteiger partial charge in [0.15, 0.2) is 0 Å². The minimum absolute atomic E-state index is 0.0699. The first-order chi connectivity index (χ1) is 21.1. The number of nitrogens with one attached hydrogen (secondary N) is 2. The number of unbranched alkanes of at least 4 members (excludes halogenated alkanes) is 2. The van der Waals surface area contributed by atoms with Gasteiger partial charge in [0, 0.05) is 30.5 Å². The summed E-state index contributed by atoms with van der Waals surface area (Å²) in [7, 11) is 1.65. The molecule has 2 heterocycles. The zero-order chi connectivity index (χ0) is 31.2. The number of hydrogen-bond donors (Lipinski definition) is 2. The van der Waals surface area contributed by atoms with E-state index in [1.54, 1.807) is 7.11 Å². The van der Waals surface area contributed by atoms with E-state index in [1.807, 2.05) is 57.2 Å². The van der Waals surface area contributed by atoms with Crippen LogP contribution in [-0.2, 0) is 16.0 Å². The SMILES string of the molecule is COc1ccc(-c2c/c(=N\NC(=O)CCCCCNC(=O)OC(C)(C)C)oc3cc4c(cc23)CCC2(CCCCC2)O4)cc1. The van der Waals surface area contributed by atoms with Crippen molar-refractivity contribution in [3.63, 3.8) is 0 Å². The van der Waals surface area contributed by atoms with Crippen LogP contribution in [0.15, 0.2) is 52.0 Å². The standard InChI is InChI=1S/C35H45N3O6/c1-34(2,3)44-33(40)36-20-10-5-7-11-31(39)37-38-32-22-27(24-12-14-26(41-4)15-13-24)28-21-25-16-19-35(17-8-6-9-18-35)43-29(25)23-30(28)42-32/h12-15,21-23H,5-11,16-20H2,1-4H3,(H,36,40)(H,37,39)/b38-32+. The van der Waals surface area contributed by atoms with E-state index in [0.29, 0.717) is 30.5 Å². The molecule has 2 N–H and O–H groups in total. The van der Waals surface area contributed by atoms with Gasteiger partial charge in [0.2, 0.25) is 11.5 Å². The summed E-state index contributed by atoms with van der Waals surface area (Å²) in [6.45, 7) is 5.98. The van der Waals surface area contributed by atoms with Gasteiger partial charge in [0.25, 0.3) is 0 Å². The number of benzene rings is 2. The largest absolute Gasteiger partial charge is 0.497 e. The third kappa shape index (κ3) is 8.12. The first-order valence-electron chi connectivity index (χ1n) is 15.9. The van der Waals surface area contributed by atoms with Crippen molar-refractivity contribution in [1.82, 2.24) is 10.7 Å². The molecule has 2 amide bonds. The molecule has 0 unspecified atom stereocenters. The molecule has 1 aromatic heterocycles. The Balaban J connectivity index is 1.29. The molecule has 0 radical (unpaired) electrons. The van der Waals surface area contributed by atoms with Crippen LogP contribution in [0.2, 0.25) is 0 Å². The van der Waals surface area contributed by atoms with E-state index >= 15 is 0 Å². The molecule has 1 aliphatic heterocycles. The number of alkyl carbamates (subject to hydrolysis) is 1. The Morgan fingerprint density at radius 1 is 0.977 bits per heavy atom. The molecule has 3 aromatic rings. The summed E-state index contributed by atoms with van der Waals surface area (Å²) in [6, 6.07) is 13.9. The lowest BCUT2D eigenvalue weighted by molar-refractivity contribution is -0.121. The Kier molecular flexibility index (Phi) is 9.81. The molecule has 236 valence electrons. The molecule has 1 saturated carbocycles. The molecule has 0 atom stereocenters. The lowest BCUT2D eigenvalue weighted by atomic mass is 9.79. The number of carbonyl (C=O) groups excluding carboxylic acids is 2. The fraction of sp³-hybridized carbons (Fsp3) is 0.514. The lowest BCUT2D eigenvalue weighted by Crippen LogP contribution is -2.41. The number of aryl methyl sites for hydroxylation is 1. The predicted octanol–water partition coefficient (Wildman–Crippen LogP) is 7.15. The van der Waals surface area contributed by atoms with Crippen LogP contribution in [0.25, 0.3) is 22.1 Å². The Labute approximate surface area is 259 Å². The number of nitrogens with zero attached hydrogens (tertiary/aromatic N) is 1. The van der Waals surface area contributed by atoms with Gasteiger partial charge in [0.05, 0.1) is 7.11 Å². The summed E-state index contributed by atoms with van der Waals surface area (Å²) >= 11 is 0. The van der Waals surface area contributed by atoms with Crippen LogP contribution in [0, 0.1) is 0 Å². The zero-order valence-corrected chi connectivity index (χ0v) is 26.4. The summed E-state index contributed by atoms with van der Waals surface area (Å²) < 4.78 is 23.5. The third-order valence-corrected chi connectivity index (χ3v) is 8.32. The first-order valence-corrected chi connectivity index (χ1v) is 15.9. The normalized spacial score (nSPS) is 16.2. The van der Waals surface area contributed by atoms with Crippen molar-refractivity contribution in [3.05, 3.63) is 53.6 Å². The number of amides is 2. The topological polar surface area (TPSA) is 111 Å². The van der Waals surface area contributed by atoms with Crippen LogP contribution in [0.1, 0.15) is 90.5 Å². The average Bonchev–Trinajstić information content (AvgIpc) is 3.00. The van der Waals surface area contributed by atoms with Gasteiger partial charge in [-0.2, -0.15) is 0 Å². The molecule has 9 heteroatoms. The fourth-order valence-electron chi connectivity index (χ4n) is 6.06. The molecule has 9 nitrogen and oxygen atoms in total. The van der Waals surface area contributed by atoms with Gasteiger partial charge in [0.1, 0.15) is 28.3 Å². The highest BCUT2D eigenvalue weighted by atomic mass is 16.6. The zero-order valence-electron chi connectivity index (χ0n) is 26.4. The van der Waals surface area contributed by atoms with Gasteiger partial charge in [-0.25, -0.2) is 10.2 Å². The van der Waals surface area contributed by atoms with Gasteiger partial charge in [-0.3, -0.25) is 4.79 Å². The Hall–Kier alpha value is -4.01. The van der Waals surface area contributed by atoms with Gasteiger partial charge < -0.3 is 23.9 Å². The Morgan fingerprint density at radius 3 is 2.48 bits per heavy atom. The highest BCUT2D eigenvalue weighted by Gasteiger charge is 2.37. The number of ether oxygens (including phenoxy) is 3. The fourth-order valence-corrected chi connectivity index (χ4v) is 6.06. The monoisotopic (exact) mass is 603 g/mol. The second-order valence-corrected chi connectivity index (χ2v) is 12.9. The molecule has 1 spiro atoms. The van der Waals surface area contributed by atoms with Crippen molar-refractivity contribution >= 4 is 23.0 Å². The van der Waals surface area contributed by atoms with E-state index in [9.17, 15) is 9.59 Å². The minimum Gasteiger partial charge on any atom is -0.497 e. The van der Waals surface area contributed by atoms with E-state index in [-0.39, 0.29) is 11.5 Å². The van der Waals surface area contributed by atoms with Crippen molar-refractivity contribution in [3.8, 4) is 22.6 Å². The maximum atomic E-state index is 12.6. The summed E-state index contributed by atoms with van der Waals surface area (Å²) in [5.41, 5.74) is 6.18. The Bertz CT molecular complexity index is 1530. The van der Waals surface area contributed by atoms with Crippen LogP contribution in [-0.4, -0.2) is 36.9 Å². The van der Waals surface area contributed by atoms with Crippen LogP contribution >= 0.6 is 0 Å². The summed E-state index contributed by atoms with van der Waals surface area (Å²) in [5.74, 6) is 1.47. The van der Waals surface area contributed by atoms with E-state index in [2.05, 4.69) is 21.9 Å². The van der Waals surface area contributed by atoms with E-state index in [1.165, 1.54) is 24.8 Å². The predicted molar refractivity (Wildman–Crippen MR) is 169 cm³/mol. The molecule has 2 aromatic carbocycles. The van der Waals surface area contributed by atoms with Gasteiger partial charge in [-0.05, 0) is 107 Å². The smallest absolute Gasteiger partial charge is 0.407 e. The van der Waals surface area contributed by atoms with Crippen molar-refractivity contribution in [1.29, 1.82) is 0 Å². The molecule has 44 heavy (non-hydrogen) atoms. The molecular weight excluding hydrogens is 558 g/mol. The third-order valence-electron chi connectivity index (χ3n) is 8.32. The van der Waals surface area contributed by atoms with Gasteiger partial charge >= 0.3 is 6.09 Å². The van der Waals surface area contributed by atoms with Gasteiger partial charge in [-0.15, -0.1) is 5.10 Å². The minimum atomic E-state index is -0.524. The maximum absolute atomic E-state index is 12.6.